The Hall–Kier alpha value is -1.56. The highest BCUT2D eigenvalue weighted by Crippen LogP contribution is 2.32. The first kappa shape index (κ1) is 12.5. The number of hydrogen-bond acceptors (Lipinski definition) is 2. The molecule has 0 saturated carbocycles. The molecule has 0 aliphatic carbocycles. The van der Waals surface area contributed by atoms with Crippen molar-refractivity contribution in [1.82, 2.24) is 5.32 Å². The summed E-state index contributed by atoms with van der Waals surface area (Å²) in [6, 6.07) is 3.07. The van der Waals surface area contributed by atoms with Crippen molar-refractivity contribution < 1.29 is 23.1 Å². The monoisotopic (exact) mass is 233 g/mol. The molecule has 0 radical (unpaired) electrons. The Bertz CT molecular complexity index is 402. The Labute approximate surface area is 89.9 Å². The van der Waals surface area contributed by atoms with Gasteiger partial charge in [0.15, 0.2) is 0 Å². The van der Waals surface area contributed by atoms with Crippen molar-refractivity contribution in [3.05, 3.63) is 34.9 Å². The molecule has 0 aliphatic rings. The normalized spacial score (nSPS) is 11.5. The van der Waals surface area contributed by atoms with Gasteiger partial charge in [0.1, 0.15) is 0 Å². The molecule has 0 bridgehead atoms. The lowest BCUT2D eigenvalue weighted by Gasteiger charge is -2.11. The minimum atomic E-state index is -4.65. The summed E-state index contributed by atoms with van der Waals surface area (Å²) in [5.41, 5.74) is -1.35. The zero-order chi connectivity index (χ0) is 12.3. The fourth-order valence-corrected chi connectivity index (χ4v) is 1.33. The maximum atomic E-state index is 12.4. The van der Waals surface area contributed by atoms with Gasteiger partial charge in [0.25, 0.3) is 0 Å². The summed E-state index contributed by atoms with van der Waals surface area (Å²) in [4.78, 5) is 10.7. The van der Waals surface area contributed by atoms with E-state index in [4.69, 9.17) is 5.11 Å². The maximum Gasteiger partial charge on any atom is 0.417 e. The number of carboxylic acid groups (broad SMARTS) is 1. The summed E-state index contributed by atoms with van der Waals surface area (Å²) >= 11 is 0. The predicted octanol–water partition coefficient (Wildman–Crippen LogP) is 2.12. The van der Waals surface area contributed by atoms with E-state index in [0.717, 1.165) is 12.1 Å². The van der Waals surface area contributed by atoms with Crippen LogP contribution in [0.4, 0.5) is 13.2 Å². The van der Waals surface area contributed by atoms with Crippen LogP contribution in [0.25, 0.3) is 0 Å². The third-order valence-corrected chi connectivity index (χ3v) is 2.00. The molecule has 2 N–H and O–H groups in total. The number of rotatable bonds is 3. The van der Waals surface area contributed by atoms with Gasteiger partial charge >= 0.3 is 12.1 Å². The van der Waals surface area contributed by atoms with Gasteiger partial charge in [-0.2, -0.15) is 13.2 Å². The Balaban J connectivity index is 3.25. The number of halogens is 3. The van der Waals surface area contributed by atoms with Gasteiger partial charge in [0.05, 0.1) is 11.1 Å². The third kappa shape index (κ3) is 2.73. The second kappa shape index (κ2) is 4.52. The van der Waals surface area contributed by atoms with Crippen LogP contribution in [-0.4, -0.2) is 18.1 Å². The first-order chi connectivity index (χ1) is 7.36. The molecule has 1 aromatic rings. The summed E-state index contributed by atoms with van der Waals surface area (Å²) in [6.07, 6.45) is -4.65. The Morgan fingerprint density at radius 3 is 2.50 bits per heavy atom. The van der Waals surface area contributed by atoms with E-state index in [1.807, 2.05) is 0 Å². The molecule has 88 valence electrons. The average Bonchev–Trinajstić information content (AvgIpc) is 2.16. The summed E-state index contributed by atoms with van der Waals surface area (Å²) in [5.74, 6) is -1.58. The topological polar surface area (TPSA) is 49.3 Å². The number of carboxylic acids is 1. The van der Waals surface area contributed by atoms with E-state index in [9.17, 15) is 18.0 Å². The van der Waals surface area contributed by atoms with Gasteiger partial charge in [-0.05, 0) is 24.7 Å². The summed E-state index contributed by atoms with van der Waals surface area (Å²) in [5, 5.41) is 11.4. The largest absolute Gasteiger partial charge is 0.478 e. The van der Waals surface area contributed by atoms with Gasteiger partial charge in [-0.15, -0.1) is 0 Å². The van der Waals surface area contributed by atoms with Gasteiger partial charge in [-0.25, -0.2) is 4.79 Å². The number of nitrogens with one attached hydrogen (secondary N) is 1. The number of hydrogen-bond donors (Lipinski definition) is 2. The van der Waals surface area contributed by atoms with E-state index in [-0.39, 0.29) is 0 Å². The van der Waals surface area contributed by atoms with Crippen molar-refractivity contribution in [3.63, 3.8) is 0 Å². The molecule has 3 nitrogen and oxygen atoms in total. The summed E-state index contributed by atoms with van der Waals surface area (Å²) < 4.78 is 37.3. The highest BCUT2D eigenvalue weighted by molar-refractivity contribution is 5.89. The number of carbonyl (C=O) groups is 1. The van der Waals surface area contributed by atoms with E-state index in [2.05, 4.69) is 5.32 Å². The van der Waals surface area contributed by atoms with Crippen LogP contribution in [0.15, 0.2) is 18.2 Å². The molecular formula is C10H10F3NO2. The van der Waals surface area contributed by atoms with Crippen LogP contribution in [0.5, 0.6) is 0 Å². The van der Waals surface area contributed by atoms with Crippen molar-refractivity contribution in [2.75, 3.05) is 7.05 Å². The molecule has 1 aromatic carbocycles. The van der Waals surface area contributed by atoms with Gasteiger partial charge in [-0.3, -0.25) is 0 Å². The number of benzene rings is 1. The van der Waals surface area contributed by atoms with Crippen LogP contribution < -0.4 is 5.32 Å². The minimum absolute atomic E-state index is 0.318. The number of alkyl halides is 3. The standard InChI is InChI=1S/C10H10F3NO2/c1-14-5-6-2-3-8(10(11,12)13)7(4-6)9(15)16/h2-4,14H,5H2,1H3,(H,15,16). The van der Waals surface area contributed by atoms with Crippen LogP contribution in [0.3, 0.4) is 0 Å². The van der Waals surface area contributed by atoms with E-state index < -0.39 is 23.3 Å². The lowest BCUT2D eigenvalue weighted by Crippen LogP contribution is -2.14. The SMILES string of the molecule is CNCc1ccc(C(F)(F)F)c(C(=O)O)c1. The Morgan fingerprint density at radius 1 is 1.44 bits per heavy atom. The van der Waals surface area contributed by atoms with Gasteiger partial charge in [0, 0.05) is 6.54 Å². The Morgan fingerprint density at radius 2 is 2.06 bits per heavy atom. The zero-order valence-electron chi connectivity index (χ0n) is 8.43. The highest BCUT2D eigenvalue weighted by Gasteiger charge is 2.35. The van der Waals surface area contributed by atoms with Crippen molar-refractivity contribution in [1.29, 1.82) is 0 Å². The van der Waals surface area contributed by atoms with Crippen LogP contribution in [-0.2, 0) is 12.7 Å². The molecule has 0 unspecified atom stereocenters. The second-order valence-electron chi connectivity index (χ2n) is 3.21. The molecule has 6 heteroatoms. The molecular weight excluding hydrogens is 223 g/mol. The lowest BCUT2D eigenvalue weighted by atomic mass is 10.0. The molecule has 0 saturated heterocycles. The summed E-state index contributed by atoms with van der Waals surface area (Å²) in [6.45, 7) is 0.318. The molecule has 16 heavy (non-hydrogen) atoms. The van der Waals surface area contributed by atoms with Crippen LogP contribution in [0.2, 0.25) is 0 Å². The molecule has 0 heterocycles. The quantitative estimate of drug-likeness (QED) is 0.840. The van der Waals surface area contributed by atoms with E-state index >= 15 is 0 Å². The third-order valence-electron chi connectivity index (χ3n) is 2.00. The smallest absolute Gasteiger partial charge is 0.417 e. The van der Waals surface area contributed by atoms with Gasteiger partial charge in [0.2, 0.25) is 0 Å². The zero-order valence-corrected chi connectivity index (χ0v) is 8.43. The van der Waals surface area contributed by atoms with Crippen molar-refractivity contribution in [2.24, 2.45) is 0 Å². The van der Waals surface area contributed by atoms with Crippen LogP contribution in [0.1, 0.15) is 21.5 Å². The van der Waals surface area contributed by atoms with E-state index in [1.165, 1.54) is 6.07 Å². The summed E-state index contributed by atoms with van der Waals surface area (Å²) in [7, 11) is 1.62. The van der Waals surface area contributed by atoms with Crippen molar-refractivity contribution >= 4 is 5.97 Å². The average molecular weight is 233 g/mol. The molecule has 0 spiro atoms. The van der Waals surface area contributed by atoms with Gasteiger partial charge < -0.3 is 10.4 Å². The lowest BCUT2D eigenvalue weighted by molar-refractivity contribution is -0.138. The fraction of sp³-hybridized carbons (Fsp3) is 0.300. The molecule has 0 amide bonds. The van der Waals surface area contributed by atoms with E-state index in [1.54, 1.807) is 7.05 Å². The molecule has 0 aliphatic heterocycles. The first-order valence-electron chi connectivity index (χ1n) is 4.44. The molecule has 0 aromatic heterocycles. The van der Waals surface area contributed by atoms with E-state index in [0.29, 0.717) is 12.1 Å². The van der Waals surface area contributed by atoms with Gasteiger partial charge in [-0.1, -0.05) is 6.07 Å². The Kier molecular flexibility index (Phi) is 3.54. The minimum Gasteiger partial charge on any atom is -0.478 e. The first-order valence-corrected chi connectivity index (χ1v) is 4.44. The molecule has 0 fully saturated rings. The fourth-order valence-electron chi connectivity index (χ4n) is 1.33. The van der Waals surface area contributed by atoms with Crippen LogP contribution >= 0.6 is 0 Å². The van der Waals surface area contributed by atoms with Crippen molar-refractivity contribution in [2.45, 2.75) is 12.7 Å². The van der Waals surface area contributed by atoms with Crippen LogP contribution in [0, 0.1) is 0 Å². The maximum absolute atomic E-state index is 12.4. The number of aromatic carboxylic acids is 1. The second-order valence-corrected chi connectivity index (χ2v) is 3.21. The van der Waals surface area contributed by atoms with Crippen molar-refractivity contribution in [3.8, 4) is 0 Å². The predicted molar refractivity (Wildman–Crippen MR) is 51.2 cm³/mol. The molecule has 1 rings (SSSR count). The highest BCUT2D eigenvalue weighted by atomic mass is 19.4. The molecule has 0 atom stereocenters.